The molecule has 0 fully saturated rings. The number of carbonyl (C=O) groups is 1. The van der Waals surface area contributed by atoms with Gasteiger partial charge in [0.25, 0.3) is 0 Å². The minimum absolute atomic E-state index is 0.0643. The number of nitrogens with zero attached hydrogens (tertiary/aromatic N) is 2. The van der Waals surface area contributed by atoms with Crippen molar-refractivity contribution in [2.75, 3.05) is 13.7 Å². The van der Waals surface area contributed by atoms with E-state index in [1.807, 2.05) is 20.2 Å². The second kappa shape index (κ2) is 6.36. The van der Waals surface area contributed by atoms with Crippen LogP contribution in [0, 0.1) is 6.92 Å². The maximum Gasteiger partial charge on any atom is 0.222 e. The van der Waals surface area contributed by atoms with E-state index < -0.39 is 0 Å². The molecule has 0 aromatic carbocycles. The summed E-state index contributed by atoms with van der Waals surface area (Å²) in [5.74, 6) is -0.0643. The molecule has 96 valence electrons. The molecule has 0 aliphatic carbocycles. The number of ether oxygens (including phenoxy) is 1. The van der Waals surface area contributed by atoms with Crippen LogP contribution in [-0.2, 0) is 23.1 Å². The number of hydrogen-bond acceptors (Lipinski definition) is 4. The summed E-state index contributed by atoms with van der Waals surface area (Å²) in [6.45, 7) is 2.74. The molecule has 0 saturated heterocycles. The Morgan fingerprint density at radius 2 is 2.41 bits per heavy atom. The number of aryl methyl sites for hydroxylation is 2. The van der Waals surface area contributed by atoms with Crippen LogP contribution in [0.5, 0.6) is 0 Å². The van der Waals surface area contributed by atoms with Crippen molar-refractivity contribution in [1.29, 1.82) is 0 Å². The summed E-state index contributed by atoms with van der Waals surface area (Å²) in [5.41, 5.74) is 7.39. The molecular weight excluding hydrogens is 220 g/mol. The minimum atomic E-state index is -0.218. The summed E-state index contributed by atoms with van der Waals surface area (Å²) < 4.78 is 6.78. The number of amides is 1. The maximum atomic E-state index is 11.6. The van der Waals surface area contributed by atoms with Crippen LogP contribution < -0.4 is 11.1 Å². The second-order valence-electron chi connectivity index (χ2n) is 3.99. The zero-order valence-electron chi connectivity index (χ0n) is 10.6. The molecule has 1 unspecified atom stereocenters. The molecule has 1 aromatic rings. The predicted molar refractivity (Wildman–Crippen MR) is 64.3 cm³/mol. The third-order valence-electron chi connectivity index (χ3n) is 2.60. The van der Waals surface area contributed by atoms with Crippen molar-refractivity contribution in [3.05, 3.63) is 17.5 Å². The molecule has 1 heterocycles. The fourth-order valence-electron chi connectivity index (χ4n) is 1.56. The standard InChI is InChI=1S/C11H20N4O2/c1-8-9(7-15(2)14-8)6-13-11(16)4-10(5-12)17-3/h7,10H,4-6,12H2,1-3H3,(H,13,16). The lowest BCUT2D eigenvalue weighted by molar-refractivity contribution is -0.123. The Labute approximate surface area is 101 Å². The zero-order valence-corrected chi connectivity index (χ0v) is 10.6. The highest BCUT2D eigenvalue weighted by Crippen LogP contribution is 2.04. The largest absolute Gasteiger partial charge is 0.380 e. The van der Waals surface area contributed by atoms with Gasteiger partial charge >= 0.3 is 0 Å². The van der Waals surface area contributed by atoms with Gasteiger partial charge in [0.05, 0.1) is 18.2 Å². The van der Waals surface area contributed by atoms with E-state index in [-0.39, 0.29) is 18.4 Å². The topological polar surface area (TPSA) is 82.2 Å². The van der Waals surface area contributed by atoms with Crippen molar-refractivity contribution in [3.63, 3.8) is 0 Å². The monoisotopic (exact) mass is 240 g/mol. The van der Waals surface area contributed by atoms with Crippen LogP contribution in [0.4, 0.5) is 0 Å². The summed E-state index contributed by atoms with van der Waals surface area (Å²) in [6.07, 6.45) is 1.96. The summed E-state index contributed by atoms with van der Waals surface area (Å²) >= 11 is 0. The van der Waals surface area contributed by atoms with Gasteiger partial charge in [-0.1, -0.05) is 0 Å². The van der Waals surface area contributed by atoms with Gasteiger partial charge in [0, 0.05) is 39.0 Å². The van der Waals surface area contributed by atoms with E-state index in [0.717, 1.165) is 11.3 Å². The van der Waals surface area contributed by atoms with Crippen LogP contribution in [0.15, 0.2) is 6.20 Å². The first-order valence-corrected chi connectivity index (χ1v) is 5.55. The lowest BCUT2D eigenvalue weighted by atomic mass is 10.2. The fraction of sp³-hybridized carbons (Fsp3) is 0.636. The first kappa shape index (κ1) is 13.7. The Morgan fingerprint density at radius 1 is 1.71 bits per heavy atom. The van der Waals surface area contributed by atoms with Gasteiger partial charge in [-0.05, 0) is 6.92 Å². The SMILES string of the molecule is COC(CN)CC(=O)NCc1cn(C)nc1C. The molecular formula is C11H20N4O2. The Hall–Kier alpha value is -1.40. The first-order valence-electron chi connectivity index (χ1n) is 5.55. The average molecular weight is 240 g/mol. The number of nitrogens with one attached hydrogen (secondary N) is 1. The van der Waals surface area contributed by atoms with Crippen molar-refractivity contribution < 1.29 is 9.53 Å². The van der Waals surface area contributed by atoms with Gasteiger partial charge in [0.2, 0.25) is 5.91 Å². The van der Waals surface area contributed by atoms with Crippen molar-refractivity contribution in [2.45, 2.75) is 26.0 Å². The molecule has 1 rings (SSSR count). The summed E-state index contributed by atoms with van der Waals surface area (Å²) in [4.78, 5) is 11.6. The highest BCUT2D eigenvalue weighted by atomic mass is 16.5. The van der Waals surface area contributed by atoms with Crippen molar-refractivity contribution in [1.82, 2.24) is 15.1 Å². The molecule has 17 heavy (non-hydrogen) atoms. The van der Waals surface area contributed by atoms with E-state index in [0.29, 0.717) is 13.1 Å². The van der Waals surface area contributed by atoms with E-state index in [9.17, 15) is 4.79 Å². The number of nitrogens with two attached hydrogens (primary N) is 1. The first-order chi connectivity index (χ1) is 8.06. The highest BCUT2D eigenvalue weighted by molar-refractivity contribution is 5.76. The number of rotatable bonds is 6. The van der Waals surface area contributed by atoms with E-state index in [1.54, 1.807) is 11.8 Å². The van der Waals surface area contributed by atoms with Crippen LogP contribution in [0.1, 0.15) is 17.7 Å². The van der Waals surface area contributed by atoms with Crippen LogP contribution in [0.3, 0.4) is 0 Å². The molecule has 0 aliphatic rings. The average Bonchev–Trinajstić information content (AvgIpc) is 2.62. The second-order valence-corrected chi connectivity index (χ2v) is 3.99. The van der Waals surface area contributed by atoms with Gasteiger partial charge < -0.3 is 15.8 Å². The normalized spacial score (nSPS) is 12.5. The van der Waals surface area contributed by atoms with Gasteiger partial charge in [-0.3, -0.25) is 9.48 Å². The van der Waals surface area contributed by atoms with Crippen molar-refractivity contribution >= 4 is 5.91 Å². The van der Waals surface area contributed by atoms with E-state index >= 15 is 0 Å². The molecule has 6 nitrogen and oxygen atoms in total. The third kappa shape index (κ3) is 4.16. The molecule has 0 spiro atoms. The quantitative estimate of drug-likeness (QED) is 0.715. The Kier molecular flexibility index (Phi) is 5.11. The van der Waals surface area contributed by atoms with E-state index in [4.69, 9.17) is 10.5 Å². The Morgan fingerprint density at radius 3 is 2.88 bits per heavy atom. The Balaban J connectivity index is 2.40. The van der Waals surface area contributed by atoms with Crippen LogP contribution in [0.25, 0.3) is 0 Å². The van der Waals surface area contributed by atoms with Crippen molar-refractivity contribution in [3.8, 4) is 0 Å². The molecule has 0 aliphatic heterocycles. The van der Waals surface area contributed by atoms with Crippen LogP contribution in [-0.4, -0.2) is 35.4 Å². The van der Waals surface area contributed by atoms with Gasteiger partial charge in [-0.2, -0.15) is 5.10 Å². The smallest absolute Gasteiger partial charge is 0.222 e. The van der Waals surface area contributed by atoms with Crippen LogP contribution in [0.2, 0.25) is 0 Å². The van der Waals surface area contributed by atoms with E-state index in [1.165, 1.54) is 0 Å². The van der Waals surface area contributed by atoms with Crippen molar-refractivity contribution in [2.24, 2.45) is 12.8 Å². The van der Waals surface area contributed by atoms with E-state index in [2.05, 4.69) is 10.4 Å². The molecule has 1 atom stereocenters. The maximum absolute atomic E-state index is 11.6. The molecule has 1 amide bonds. The van der Waals surface area contributed by atoms with Gasteiger partial charge in [-0.25, -0.2) is 0 Å². The minimum Gasteiger partial charge on any atom is -0.380 e. The molecule has 3 N–H and O–H groups in total. The summed E-state index contributed by atoms with van der Waals surface area (Å²) in [6, 6.07) is 0. The zero-order chi connectivity index (χ0) is 12.8. The number of aromatic nitrogens is 2. The van der Waals surface area contributed by atoms with Gasteiger partial charge in [-0.15, -0.1) is 0 Å². The third-order valence-corrected chi connectivity index (χ3v) is 2.60. The van der Waals surface area contributed by atoms with Gasteiger partial charge in [0.15, 0.2) is 0 Å². The number of carbonyl (C=O) groups excluding carboxylic acids is 1. The molecule has 0 radical (unpaired) electrons. The fourth-order valence-corrected chi connectivity index (χ4v) is 1.56. The van der Waals surface area contributed by atoms with Crippen LogP contribution >= 0.6 is 0 Å². The Bertz CT molecular complexity index is 372. The van der Waals surface area contributed by atoms with Gasteiger partial charge in [0.1, 0.15) is 0 Å². The molecule has 6 heteroatoms. The number of hydrogen-bond donors (Lipinski definition) is 2. The lowest BCUT2D eigenvalue weighted by Crippen LogP contribution is -2.31. The highest BCUT2D eigenvalue weighted by Gasteiger charge is 2.11. The summed E-state index contributed by atoms with van der Waals surface area (Å²) in [7, 11) is 3.41. The number of methoxy groups -OCH3 is 1. The molecule has 0 bridgehead atoms. The molecule has 1 aromatic heterocycles. The molecule has 0 saturated carbocycles. The lowest BCUT2D eigenvalue weighted by Gasteiger charge is -2.12. The predicted octanol–water partition coefficient (Wildman–Crippen LogP) is -0.291. The summed E-state index contributed by atoms with van der Waals surface area (Å²) in [5, 5.41) is 7.03.